The molecule has 68 valence electrons. The van der Waals surface area contributed by atoms with Crippen molar-refractivity contribution in [1.82, 2.24) is 16.0 Å². The lowest BCUT2D eigenvalue weighted by Gasteiger charge is -2.24. The molecule has 0 aromatic heterocycles. The molecule has 0 spiro atoms. The molecule has 1 unspecified atom stereocenters. The van der Waals surface area contributed by atoms with Gasteiger partial charge in [-0.25, -0.2) is 0 Å². The summed E-state index contributed by atoms with van der Waals surface area (Å²) in [7, 11) is 0. The molecule has 2 aliphatic heterocycles. The molecule has 1 saturated heterocycles. The average molecular weight is 168 g/mol. The summed E-state index contributed by atoms with van der Waals surface area (Å²) in [6.45, 7) is 4.14. The quantitative estimate of drug-likeness (QED) is 0.484. The maximum Gasteiger partial charge on any atom is 0.191 e. The van der Waals surface area contributed by atoms with E-state index in [0.717, 1.165) is 32.1 Å². The van der Waals surface area contributed by atoms with Crippen LogP contribution in [-0.2, 0) is 0 Å². The van der Waals surface area contributed by atoms with Crippen molar-refractivity contribution in [2.24, 2.45) is 4.99 Å². The number of piperidine rings is 1. The molecule has 2 aliphatic rings. The minimum Gasteiger partial charge on any atom is -0.355 e. The van der Waals surface area contributed by atoms with Gasteiger partial charge in [0.1, 0.15) is 0 Å². The van der Waals surface area contributed by atoms with Crippen molar-refractivity contribution >= 4 is 5.96 Å². The number of hydrogen-bond donors (Lipinski definition) is 3. The predicted molar refractivity (Wildman–Crippen MR) is 49.3 cm³/mol. The normalized spacial score (nSPS) is 29.3. The third-order valence-electron chi connectivity index (χ3n) is 2.31. The van der Waals surface area contributed by atoms with Gasteiger partial charge in [-0.1, -0.05) is 0 Å². The summed E-state index contributed by atoms with van der Waals surface area (Å²) >= 11 is 0. The van der Waals surface area contributed by atoms with Crippen LogP contribution in [0.3, 0.4) is 0 Å². The van der Waals surface area contributed by atoms with Crippen molar-refractivity contribution in [2.45, 2.75) is 18.9 Å². The fourth-order valence-corrected chi connectivity index (χ4v) is 1.66. The van der Waals surface area contributed by atoms with Crippen molar-refractivity contribution in [3.63, 3.8) is 0 Å². The van der Waals surface area contributed by atoms with E-state index in [2.05, 4.69) is 20.9 Å². The minimum absolute atomic E-state index is 0.572. The largest absolute Gasteiger partial charge is 0.355 e. The van der Waals surface area contributed by atoms with Gasteiger partial charge in [-0.05, 0) is 19.4 Å². The summed E-state index contributed by atoms with van der Waals surface area (Å²) in [5, 5.41) is 9.97. The van der Waals surface area contributed by atoms with Gasteiger partial charge in [0, 0.05) is 19.1 Å². The summed E-state index contributed by atoms with van der Waals surface area (Å²) in [6, 6.07) is 0.572. The van der Waals surface area contributed by atoms with Gasteiger partial charge in [-0.2, -0.15) is 0 Å². The van der Waals surface area contributed by atoms with Crippen molar-refractivity contribution in [3.8, 4) is 0 Å². The second kappa shape index (κ2) is 3.76. The summed E-state index contributed by atoms with van der Waals surface area (Å²) in [6.07, 6.45) is 2.53. The number of hydrogen-bond acceptors (Lipinski definition) is 4. The predicted octanol–water partition coefficient (Wildman–Crippen LogP) is -0.713. The van der Waals surface area contributed by atoms with E-state index < -0.39 is 0 Å². The molecule has 2 rings (SSSR count). The highest BCUT2D eigenvalue weighted by atomic mass is 15.2. The molecule has 0 radical (unpaired) electrons. The molecule has 0 amide bonds. The van der Waals surface area contributed by atoms with Gasteiger partial charge in [0.15, 0.2) is 5.96 Å². The zero-order valence-corrected chi connectivity index (χ0v) is 7.27. The molecule has 12 heavy (non-hydrogen) atoms. The Balaban J connectivity index is 1.77. The third-order valence-corrected chi connectivity index (χ3v) is 2.31. The van der Waals surface area contributed by atoms with Gasteiger partial charge in [0.05, 0.1) is 6.54 Å². The first kappa shape index (κ1) is 7.86. The molecule has 0 saturated carbocycles. The average Bonchev–Trinajstić information content (AvgIpc) is 2.59. The van der Waals surface area contributed by atoms with Crippen LogP contribution in [0.25, 0.3) is 0 Å². The standard InChI is InChI=1S/C8H16N4/c1-2-7(6-9-3-1)12-8-10-4-5-11-8/h7,9H,1-6H2,(H2,10,11,12). The molecule has 0 aliphatic carbocycles. The van der Waals surface area contributed by atoms with Gasteiger partial charge in [-0.15, -0.1) is 0 Å². The van der Waals surface area contributed by atoms with Crippen molar-refractivity contribution in [2.75, 3.05) is 26.2 Å². The number of nitrogens with zero attached hydrogens (tertiary/aromatic N) is 1. The van der Waals surface area contributed by atoms with E-state index >= 15 is 0 Å². The van der Waals surface area contributed by atoms with E-state index in [9.17, 15) is 0 Å². The second-order valence-corrected chi connectivity index (χ2v) is 3.34. The molecule has 1 fully saturated rings. The molecule has 4 nitrogen and oxygen atoms in total. The maximum atomic E-state index is 4.30. The van der Waals surface area contributed by atoms with Crippen LogP contribution in [0.2, 0.25) is 0 Å². The minimum atomic E-state index is 0.572. The highest BCUT2D eigenvalue weighted by Crippen LogP contribution is 2.01. The van der Waals surface area contributed by atoms with E-state index in [0.29, 0.717) is 6.04 Å². The van der Waals surface area contributed by atoms with Crippen molar-refractivity contribution in [3.05, 3.63) is 0 Å². The van der Waals surface area contributed by atoms with E-state index in [1.807, 2.05) is 0 Å². The zero-order valence-electron chi connectivity index (χ0n) is 7.27. The van der Waals surface area contributed by atoms with Crippen LogP contribution in [0.15, 0.2) is 4.99 Å². The van der Waals surface area contributed by atoms with Gasteiger partial charge in [0.2, 0.25) is 0 Å². The van der Waals surface area contributed by atoms with Crippen LogP contribution < -0.4 is 16.0 Å². The lowest BCUT2D eigenvalue weighted by atomic mass is 10.1. The van der Waals surface area contributed by atoms with Gasteiger partial charge in [-0.3, -0.25) is 4.99 Å². The van der Waals surface area contributed by atoms with Crippen LogP contribution in [-0.4, -0.2) is 38.2 Å². The molecule has 1 atom stereocenters. The summed E-state index contributed by atoms with van der Waals surface area (Å²) in [5.41, 5.74) is 0. The van der Waals surface area contributed by atoms with Crippen LogP contribution in [0.4, 0.5) is 0 Å². The molecule has 0 aromatic carbocycles. The topological polar surface area (TPSA) is 48.5 Å². The fourth-order valence-electron chi connectivity index (χ4n) is 1.66. The van der Waals surface area contributed by atoms with Crippen LogP contribution in [0.5, 0.6) is 0 Å². The Morgan fingerprint density at radius 3 is 3.08 bits per heavy atom. The maximum absolute atomic E-state index is 4.30. The number of aliphatic imine (C=N–C) groups is 1. The third kappa shape index (κ3) is 1.88. The monoisotopic (exact) mass is 168 g/mol. The smallest absolute Gasteiger partial charge is 0.191 e. The Morgan fingerprint density at radius 1 is 1.42 bits per heavy atom. The molecular formula is C8H16N4. The summed E-state index contributed by atoms with van der Waals surface area (Å²) in [4.78, 5) is 4.30. The van der Waals surface area contributed by atoms with Crippen LogP contribution in [0.1, 0.15) is 12.8 Å². The van der Waals surface area contributed by atoms with Gasteiger partial charge >= 0.3 is 0 Å². The van der Waals surface area contributed by atoms with Gasteiger partial charge in [0.25, 0.3) is 0 Å². The van der Waals surface area contributed by atoms with E-state index in [4.69, 9.17) is 0 Å². The Labute approximate surface area is 72.8 Å². The first-order valence-corrected chi connectivity index (χ1v) is 4.71. The van der Waals surface area contributed by atoms with E-state index in [1.165, 1.54) is 12.8 Å². The molecule has 0 bridgehead atoms. The summed E-state index contributed by atoms with van der Waals surface area (Å²) < 4.78 is 0. The molecule has 0 aromatic rings. The highest BCUT2D eigenvalue weighted by Gasteiger charge is 2.14. The summed E-state index contributed by atoms with van der Waals surface area (Å²) in [5.74, 6) is 0.990. The van der Waals surface area contributed by atoms with E-state index in [1.54, 1.807) is 0 Å². The number of guanidine groups is 1. The Bertz CT molecular complexity index is 172. The Morgan fingerprint density at radius 2 is 2.42 bits per heavy atom. The fraction of sp³-hybridized carbons (Fsp3) is 0.875. The molecule has 4 heteroatoms. The van der Waals surface area contributed by atoms with Crippen molar-refractivity contribution < 1.29 is 0 Å². The number of nitrogens with one attached hydrogen (secondary N) is 3. The van der Waals surface area contributed by atoms with Gasteiger partial charge < -0.3 is 16.0 Å². The first-order valence-electron chi connectivity index (χ1n) is 4.71. The lowest BCUT2D eigenvalue weighted by molar-refractivity contribution is 0.429. The second-order valence-electron chi connectivity index (χ2n) is 3.34. The Hall–Kier alpha value is -0.770. The van der Waals surface area contributed by atoms with Crippen LogP contribution in [0, 0.1) is 0 Å². The highest BCUT2D eigenvalue weighted by molar-refractivity contribution is 5.81. The molecular weight excluding hydrogens is 152 g/mol. The van der Waals surface area contributed by atoms with E-state index in [-0.39, 0.29) is 0 Å². The first-order chi connectivity index (χ1) is 5.95. The SMILES string of the molecule is C1CNCC(NC2=NCCN2)C1. The van der Waals surface area contributed by atoms with Crippen molar-refractivity contribution in [1.29, 1.82) is 0 Å². The van der Waals surface area contributed by atoms with Crippen LogP contribution >= 0.6 is 0 Å². The Kier molecular flexibility index (Phi) is 2.46. The number of rotatable bonds is 1. The zero-order chi connectivity index (χ0) is 8.23. The molecule has 2 heterocycles. The lowest BCUT2D eigenvalue weighted by Crippen LogP contribution is -2.48. The molecule has 3 N–H and O–H groups in total.